The number of aryl methyl sites for hydroxylation is 1. The Bertz CT molecular complexity index is 442. The zero-order valence-electron chi connectivity index (χ0n) is 11.4. The van der Waals surface area contributed by atoms with Crippen LogP contribution in [0.15, 0.2) is 18.2 Å². The third-order valence-corrected chi connectivity index (χ3v) is 3.14. The quantitative estimate of drug-likeness (QED) is 0.861. The third-order valence-electron chi connectivity index (χ3n) is 3.14. The SMILES string of the molecule is COc1ccc(NC(=O)C[C@@H]2COCCN2)c(C)c1. The molecule has 1 aromatic carbocycles. The molecule has 1 fully saturated rings. The first-order chi connectivity index (χ1) is 9.19. The van der Waals surface area contributed by atoms with Gasteiger partial charge in [0.25, 0.3) is 0 Å². The molecule has 0 radical (unpaired) electrons. The average Bonchev–Trinajstić information content (AvgIpc) is 2.42. The van der Waals surface area contributed by atoms with Gasteiger partial charge < -0.3 is 20.1 Å². The van der Waals surface area contributed by atoms with Crippen LogP contribution >= 0.6 is 0 Å². The average molecular weight is 264 g/mol. The molecule has 0 unspecified atom stereocenters. The van der Waals surface area contributed by atoms with Crippen molar-refractivity contribution < 1.29 is 14.3 Å². The molecule has 1 saturated heterocycles. The molecule has 0 bridgehead atoms. The van der Waals surface area contributed by atoms with Crippen LogP contribution in [0.1, 0.15) is 12.0 Å². The number of hydrogen-bond acceptors (Lipinski definition) is 4. The normalized spacial score (nSPS) is 18.9. The second-order valence-electron chi connectivity index (χ2n) is 4.66. The van der Waals surface area contributed by atoms with Crippen molar-refractivity contribution in [3.05, 3.63) is 23.8 Å². The molecule has 0 aromatic heterocycles. The van der Waals surface area contributed by atoms with Crippen LogP contribution in [-0.4, -0.2) is 38.8 Å². The number of nitrogens with one attached hydrogen (secondary N) is 2. The van der Waals surface area contributed by atoms with E-state index in [1.807, 2.05) is 25.1 Å². The summed E-state index contributed by atoms with van der Waals surface area (Å²) >= 11 is 0. The Balaban J connectivity index is 1.91. The van der Waals surface area contributed by atoms with Gasteiger partial charge in [-0.3, -0.25) is 4.79 Å². The maximum atomic E-state index is 11.9. The minimum absolute atomic E-state index is 0.00346. The van der Waals surface area contributed by atoms with Gasteiger partial charge in [-0.05, 0) is 30.7 Å². The number of hydrogen-bond donors (Lipinski definition) is 2. The summed E-state index contributed by atoms with van der Waals surface area (Å²) in [5.74, 6) is 0.786. The largest absolute Gasteiger partial charge is 0.497 e. The maximum absolute atomic E-state index is 11.9. The standard InChI is InChI=1S/C14H20N2O3/c1-10-7-12(18-2)3-4-13(10)16-14(17)8-11-9-19-6-5-15-11/h3-4,7,11,15H,5-6,8-9H2,1-2H3,(H,16,17)/t11-/m1/s1. The van der Waals surface area contributed by atoms with Crippen molar-refractivity contribution in [1.29, 1.82) is 0 Å². The maximum Gasteiger partial charge on any atom is 0.226 e. The van der Waals surface area contributed by atoms with Crippen molar-refractivity contribution in [3.8, 4) is 5.75 Å². The summed E-state index contributed by atoms with van der Waals surface area (Å²) in [5, 5.41) is 6.18. The number of carbonyl (C=O) groups is 1. The number of rotatable bonds is 4. The van der Waals surface area contributed by atoms with Crippen LogP contribution in [0.5, 0.6) is 5.75 Å². The second kappa shape index (κ2) is 6.54. The summed E-state index contributed by atoms with van der Waals surface area (Å²) in [7, 11) is 1.63. The number of ether oxygens (including phenoxy) is 2. The molecule has 104 valence electrons. The van der Waals surface area contributed by atoms with Crippen molar-refractivity contribution in [1.82, 2.24) is 5.32 Å². The molecule has 1 atom stereocenters. The molecule has 0 spiro atoms. The number of benzene rings is 1. The van der Waals surface area contributed by atoms with E-state index in [4.69, 9.17) is 9.47 Å². The highest BCUT2D eigenvalue weighted by Crippen LogP contribution is 2.21. The van der Waals surface area contributed by atoms with Gasteiger partial charge >= 0.3 is 0 Å². The van der Waals surface area contributed by atoms with Crippen molar-refractivity contribution in [3.63, 3.8) is 0 Å². The van der Waals surface area contributed by atoms with Crippen molar-refractivity contribution in [2.75, 3.05) is 32.2 Å². The summed E-state index contributed by atoms with van der Waals surface area (Å²) < 4.78 is 10.5. The number of carbonyl (C=O) groups excluding carboxylic acids is 1. The van der Waals surface area contributed by atoms with Gasteiger partial charge in [-0.2, -0.15) is 0 Å². The lowest BCUT2D eigenvalue weighted by Crippen LogP contribution is -2.43. The highest BCUT2D eigenvalue weighted by atomic mass is 16.5. The number of morpholine rings is 1. The Labute approximate surface area is 113 Å². The first-order valence-electron chi connectivity index (χ1n) is 6.44. The Hall–Kier alpha value is -1.59. The molecule has 0 saturated carbocycles. The minimum atomic E-state index is -0.00346. The number of anilines is 1. The third kappa shape index (κ3) is 3.94. The van der Waals surface area contributed by atoms with Gasteiger partial charge in [-0.25, -0.2) is 0 Å². The van der Waals surface area contributed by atoms with E-state index >= 15 is 0 Å². The van der Waals surface area contributed by atoms with E-state index in [-0.39, 0.29) is 11.9 Å². The Morgan fingerprint density at radius 1 is 1.58 bits per heavy atom. The molecule has 5 nitrogen and oxygen atoms in total. The van der Waals surface area contributed by atoms with Gasteiger partial charge in [0.15, 0.2) is 0 Å². The minimum Gasteiger partial charge on any atom is -0.497 e. The van der Waals surface area contributed by atoms with Crippen LogP contribution in [0.3, 0.4) is 0 Å². The van der Waals surface area contributed by atoms with Crippen LogP contribution in [0.2, 0.25) is 0 Å². The van der Waals surface area contributed by atoms with E-state index in [9.17, 15) is 4.79 Å². The van der Waals surface area contributed by atoms with Gasteiger partial charge in [0.2, 0.25) is 5.91 Å². The van der Waals surface area contributed by atoms with E-state index in [2.05, 4.69) is 10.6 Å². The Morgan fingerprint density at radius 3 is 3.05 bits per heavy atom. The Kier molecular flexibility index (Phi) is 4.76. The molecule has 1 amide bonds. The first-order valence-corrected chi connectivity index (χ1v) is 6.44. The smallest absolute Gasteiger partial charge is 0.226 e. The zero-order chi connectivity index (χ0) is 13.7. The van der Waals surface area contributed by atoms with Crippen LogP contribution in [0.25, 0.3) is 0 Å². The van der Waals surface area contributed by atoms with Crippen LogP contribution < -0.4 is 15.4 Å². The second-order valence-corrected chi connectivity index (χ2v) is 4.66. The van der Waals surface area contributed by atoms with E-state index in [0.717, 1.165) is 30.2 Å². The Morgan fingerprint density at radius 2 is 2.42 bits per heavy atom. The van der Waals surface area contributed by atoms with Crippen LogP contribution in [0.4, 0.5) is 5.69 Å². The molecule has 1 heterocycles. The fraction of sp³-hybridized carbons (Fsp3) is 0.500. The van der Waals surface area contributed by atoms with E-state index < -0.39 is 0 Å². The van der Waals surface area contributed by atoms with E-state index in [1.54, 1.807) is 7.11 Å². The van der Waals surface area contributed by atoms with Crippen LogP contribution in [0, 0.1) is 6.92 Å². The molecular formula is C14H20N2O3. The monoisotopic (exact) mass is 264 g/mol. The number of amides is 1. The van der Waals surface area contributed by atoms with Crippen molar-refractivity contribution >= 4 is 11.6 Å². The summed E-state index contributed by atoms with van der Waals surface area (Å²) in [6, 6.07) is 5.70. The summed E-state index contributed by atoms with van der Waals surface area (Å²) in [4.78, 5) is 11.9. The predicted octanol–water partition coefficient (Wildman–Crippen LogP) is 1.32. The van der Waals surface area contributed by atoms with E-state index in [0.29, 0.717) is 13.0 Å². The topological polar surface area (TPSA) is 59.6 Å². The molecule has 19 heavy (non-hydrogen) atoms. The van der Waals surface area contributed by atoms with Crippen molar-refractivity contribution in [2.24, 2.45) is 0 Å². The lowest BCUT2D eigenvalue weighted by molar-refractivity contribution is -0.117. The molecule has 1 aliphatic rings. The molecule has 5 heteroatoms. The summed E-state index contributed by atoms with van der Waals surface area (Å²) in [6.07, 6.45) is 0.422. The van der Waals surface area contributed by atoms with Gasteiger partial charge in [0.1, 0.15) is 5.75 Å². The molecule has 1 aromatic rings. The van der Waals surface area contributed by atoms with Gasteiger partial charge in [0, 0.05) is 24.7 Å². The molecule has 2 N–H and O–H groups in total. The van der Waals surface area contributed by atoms with Gasteiger partial charge in [-0.1, -0.05) is 0 Å². The lowest BCUT2D eigenvalue weighted by Gasteiger charge is -2.23. The van der Waals surface area contributed by atoms with Crippen molar-refractivity contribution in [2.45, 2.75) is 19.4 Å². The lowest BCUT2D eigenvalue weighted by atomic mass is 10.1. The molecule has 1 aliphatic heterocycles. The predicted molar refractivity (Wildman–Crippen MR) is 73.6 cm³/mol. The fourth-order valence-electron chi connectivity index (χ4n) is 2.08. The fourth-order valence-corrected chi connectivity index (χ4v) is 2.08. The molecule has 2 rings (SSSR count). The summed E-state index contributed by atoms with van der Waals surface area (Å²) in [5.41, 5.74) is 1.81. The van der Waals surface area contributed by atoms with Gasteiger partial charge in [0.05, 0.1) is 20.3 Å². The first kappa shape index (κ1) is 13.8. The van der Waals surface area contributed by atoms with E-state index in [1.165, 1.54) is 0 Å². The number of methoxy groups -OCH3 is 1. The van der Waals surface area contributed by atoms with Gasteiger partial charge in [-0.15, -0.1) is 0 Å². The zero-order valence-corrected chi connectivity index (χ0v) is 11.4. The molecule has 0 aliphatic carbocycles. The summed E-state index contributed by atoms with van der Waals surface area (Å²) in [6.45, 7) is 4.06. The van der Waals surface area contributed by atoms with Crippen LogP contribution in [-0.2, 0) is 9.53 Å². The highest BCUT2D eigenvalue weighted by Gasteiger charge is 2.17. The highest BCUT2D eigenvalue weighted by molar-refractivity contribution is 5.92. The molecular weight excluding hydrogens is 244 g/mol.